The summed E-state index contributed by atoms with van der Waals surface area (Å²) in [6.45, 7) is 10.9. The third kappa shape index (κ3) is 4.57. The summed E-state index contributed by atoms with van der Waals surface area (Å²) in [7, 11) is 0. The Labute approximate surface area is 157 Å². The molecule has 0 amide bonds. The molecule has 0 aromatic heterocycles. The largest absolute Gasteiger partial charge is 0.478 e. The number of carboxylic acid groups (broad SMARTS) is 1. The van der Waals surface area contributed by atoms with Crippen molar-refractivity contribution in [2.24, 2.45) is 22.7 Å². The summed E-state index contributed by atoms with van der Waals surface area (Å²) in [5.41, 5.74) is 2.60. The molecule has 0 aromatic rings. The fraction of sp³-hybridized carbons (Fsp3) is 0.727. The molecule has 2 aliphatic rings. The van der Waals surface area contributed by atoms with E-state index in [1.54, 1.807) is 0 Å². The number of esters is 1. The molecule has 0 radical (unpaired) electrons. The lowest BCUT2D eigenvalue weighted by Gasteiger charge is -2.57. The summed E-state index contributed by atoms with van der Waals surface area (Å²) in [6.07, 6.45) is 9.98. The molecular formula is C22H34O4. The normalized spacial score (nSPS) is 31.0. The van der Waals surface area contributed by atoms with Crippen LogP contribution in [0.15, 0.2) is 23.3 Å². The van der Waals surface area contributed by atoms with Crippen molar-refractivity contribution < 1.29 is 19.4 Å². The minimum absolute atomic E-state index is 0.176. The Morgan fingerprint density at radius 1 is 1.27 bits per heavy atom. The molecule has 3 atom stereocenters. The van der Waals surface area contributed by atoms with Gasteiger partial charge in [0.1, 0.15) is 6.61 Å². The molecule has 146 valence electrons. The second-order valence-electron chi connectivity index (χ2n) is 9.12. The highest BCUT2D eigenvalue weighted by Gasteiger charge is 2.52. The lowest BCUT2D eigenvalue weighted by atomic mass is 9.48. The first-order valence-electron chi connectivity index (χ1n) is 9.78. The van der Waals surface area contributed by atoms with Crippen molar-refractivity contribution in [2.75, 3.05) is 6.61 Å². The van der Waals surface area contributed by atoms with Crippen LogP contribution in [0.2, 0.25) is 0 Å². The van der Waals surface area contributed by atoms with Crippen LogP contribution in [0.25, 0.3) is 0 Å². The van der Waals surface area contributed by atoms with Crippen LogP contribution in [0, 0.1) is 22.7 Å². The highest BCUT2D eigenvalue weighted by molar-refractivity contribution is 5.80. The number of fused-ring (bicyclic) bond motifs is 1. The number of rotatable bonds is 6. The van der Waals surface area contributed by atoms with Crippen LogP contribution < -0.4 is 0 Å². The van der Waals surface area contributed by atoms with Crippen molar-refractivity contribution in [1.82, 2.24) is 0 Å². The maximum atomic E-state index is 11.3. The van der Waals surface area contributed by atoms with E-state index in [9.17, 15) is 9.59 Å². The Morgan fingerprint density at radius 2 is 1.96 bits per heavy atom. The van der Waals surface area contributed by atoms with Gasteiger partial charge in [-0.3, -0.25) is 4.79 Å². The zero-order chi connectivity index (χ0) is 19.5. The van der Waals surface area contributed by atoms with E-state index in [2.05, 4.69) is 26.8 Å². The van der Waals surface area contributed by atoms with Crippen LogP contribution in [-0.4, -0.2) is 23.7 Å². The molecule has 1 fully saturated rings. The first-order chi connectivity index (χ1) is 12.1. The molecule has 26 heavy (non-hydrogen) atoms. The number of hydrogen-bond donors (Lipinski definition) is 1. The third-order valence-electron chi connectivity index (χ3n) is 6.77. The number of carbonyl (C=O) groups is 2. The quantitative estimate of drug-likeness (QED) is 0.404. The average molecular weight is 363 g/mol. The molecule has 2 aliphatic carbocycles. The molecule has 4 nitrogen and oxygen atoms in total. The van der Waals surface area contributed by atoms with Gasteiger partial charge < -0.3 is 9.84 Å². The van der Waals surface area contributed by atoms with Gasteiger partial charge >= 0.3 is 11.9 Å². The van der Waals surface area contributed by atoms with E-state index in [0.717, 1.165) is 24.8 Å². The van der Waals surface area contributed by atoms with E-state index in [-0.39, 0.29) is 11.4 Å². The maximum absolute atomic E-state index is 11.3. The number of carboxylic acids is 1. The van der Waals surface area contributed by atoms with Gasteiger partial charge in [-0.2, -0.15) is 0 Å². The predicted molar refractivity (Wildman–Crippen MR) is 103 cm³/mol. The van der Waals surface area contributed by atoms with Gasteiger partial charge in [-0.15, -0.1) is 0 Å². The van der Waals surface area contributed by atoms with Crippen LogP contribution in [-0.2, 0) is 14.3 Å². The molecule has 0 heterocycles. The Morgan fingerprint density at radius 3 is 2.58 bits per heavy atom. The molecule has 0 saturated heterocycles. The van der Waals surface area contributed by atoms with Gasteiger partial charge in [0.25, 0.3) is 0 Å². The number of ether oxygens (including phenoxy) is 1. The van der Waals surface area contributed by atoms with Crippen LogP contribution in [0.5, 0.6) is 0 Å². The van der Waals surface area contributed by atoms with Gasteiger partial charge in [0, 0.05) is 13.0 Å². The fourth-order valence-electron chi connectivity index (χ4n) is 5.52. The topological polar surface area (TPSA) is 63.6 Å². The van der Waals surface area contributed by atoms with Crippen molar-refractivity contribution in [3.8, 4) is 0 Å². The first kappa shape index (κ1) is 20.7. The molecule has 0 aromatic carbocycles. The number of allylic oxidation sites excluding steroid dienone is 2. The SMILES string of the molecule is CC(=O)OCC1=CC[C@H]2C(C)(C)CCC[C@]2(C)[C@H]1CC/C(C)=C\C(=O)O. The Kier molecular flexibility index (Phi) is 6.36. The van der Waals surface area contributed by atoms with Crippen LogP contribution in [0.1, 0.15) is 73.1 Å². The summed E-state index contributed by atoms with van der Waals surface area (Å²) < 4.78 is 5.34. The van der Waals surface area contributed by atoms with Crippen molar-refractivity contribution in [1.29, 1.82) is 0 Å². The predicted octanol–water partition coefficient (Wildman–Crippen LogP) is 5.14. The highest BCUT2D eigenvalue weighted by atomic mass is 16.5. The average Bonchev–Trinajstić information content (AvgIpc) is 2.49. The minimum Gasteiger partial charge on any atom is -0.478 e. The lowest BCUT2D eigenvalue weighted by Crippen LogP contribution is -2.49. The molecule has 0 unspecified atom stereocenters. The van der Waals surface area contributed by atoms with Gasteiger partial charge in [0.15, 0.2) is 0 Å². The molecule has 4 heteroatoms. The first-order valence-corrected chi connectivity index (χ1v) is 9.78. The van der Waals surface area contributed by atoms with Crippen molar-refractivity contribution in [3.63, 3.8) is 0 Å². The summed E-state index contributed by atoms with van der Waals surface area (Å²) in [6, 6.07) is 0. The lowest BCUT2D eigenvalue weighted by molar-refractivity contribution is -0.140. The molecule has 0 aliphatic heterocycles. The second kappa shape index (κ2) is 7.98. The number of aliphatic carboxylic acids is 1. The molecule has 1 N–H and O–H groups in total. The van der Waals surface area contributed by atoms with Gasteiger partial charge in [-0.25, -0.2) is 4.79 Å². The molecule has 0 spiro atoms. The Bertz CT molecular complexity index is 614. The van der Waals surface area contributed by atoms with E-state index < -0.39 is 5.97 Å². The van der Waals surface area contributed by atoms with E-state index in [0.29, 0.717) is 23.9 Å². The van der Waals surface area contributed by atoms with E-state index >= 15 is 0 Å². The number of carbonyl (C=O) groups excluding carboxylic acids is 1. The monoisotopic (exact) mass is 362 g/mol. The van der Waals surface area contributed by atoms with Crippen molar-refractivity contribution in [3.05, 3.63) is 23.3 Å². The molecule has 2 rings (SSSR count). The van der Waals surface area contributed by atoms with Crippen LogP contribution >= 0.6 is 0 Å². The van der Waals surface area contributed by atoms with Crippen LogP contribution in [0.4, 0.5) is 0 Å². The molecule has 1 saturated carbocycles. The zero-order valence-corrected chi connectivity index (χ0v) is 16.9. The van der Waals surface area contributed by atoms with Gasteiger partial charge in [-0.05, 0) is 67.3 Å². The summed E-state index contributed by atoms with van der Waals surface area (Å²) >= 11 is 0. The van der Waals surface area contributed by atoms with E-state index in [4.69, 9.17) is 9.84 Å². The highest BCUT2D eigenvalue weighted by Crippen LogP contribution is 2.60. The van der Waals surface area contributed by atoms with E-state index in [1.165, 1.54) is 37.8 Å². The second-order valence-corrected chi connectivity index (χ2v) is 9.12. The minimum atomic E-state index is -0.885. The van der Waals surface area contributed by atoms with Gasteiger partial charge in [0.05, 0.1) is 0 Å². The fourth-order valence-corrected chi connectivity index (χ4v) is 5.52. The Balaban J connectivity index is 2.28. The zero-order valence-electron chi connectivity index (χ0n) is 16.9. The van der Waals surface area contributed by atoms with E-state index in [1.807, 2.05) is 6.92 Å². The number of hydrogen-bond acceptors (Lipinski definition) is 3. The maximum Gasteiger partial charge on any atom is 0.328 e. The molecule has 0 bridgehead atoms. The summed E-state index contributed by atoms with van der Waals surface area (Å²) in [5.74, 6) is -0.191. The Hall–Kier alpha value is -1.58. The smallest absolute Gasteiger partial charge is 0.328 e. The van der Waals surface area contributed by atoms with Crippen molar-refractivity contribution in [2.45, 2.75) is 73.1 Å². The summed E-state index contributed by atoms with van der Waals surface area (Å²) in [5, 5.41) is 8.98. The summed E-state index contributed by atoms with van der Waals surface area (Å²) in [4.78, 5) is 22.3. The van der Waals surface area contributed by atoms with Gasteiger partial charge in [0.2, 0.25) is 0 Å². The van der Waals surface area contributed by atoms with Crippen molar-refractivity contribution >= 4 is 11.9 Å². The standard InChI is InChI=1S/C22H34O4/c1-15(13-20(24)25)7-9-18-17(14-26-16(2)23)8-10-19-21(3,4)11-6-12-22(18,19)5/h8,13,18-19H,6-7,9-12,14H2,1-5H3,(H,24,25)/b15-13-/t18-,19-,22+/m0/s1. The van der Waals surface area contributed by atoms with Crippen LogP contribution in [0.3, 0.4) is 0 Å². The van der Waals surface area contributed by atoms with Gasteiger partial charge in [-0.1, -0.05) is 38.8 Å². The third-order valence-corrected chi connectivity index (χ3v) is 6.77. The molecular weight excluding hydrogens is 328 g/mol.